The summed E-state index contributed by atoms with van der Waals surface area (Å²) in [7, 11) is 1.49. The first-order chi connectivity index (χ1) is 7.65. The third kappa shape index (κ3) is 2.14. The number of benzene rings is 1. The molecular weight excluding hydrogens is 244 g/mol. The Labute approximate surface area is 104 Å². The van der Waals surface area contributed by atoms with Gasteiger partial charge in [-0.15, -0.1) is 12.4 Å². The fraction of sp³-hybridized carbons (Fsp3) is 0.182. The van der Waals surface area contributed by atoms with Gasteiger partial charge < -0.3 is 4.74 Å². The van der Waals surface area contributed by atoms with Crippen LogP contribution in [0.3, 0.4) is 0 Å². The lowest BCUT2D eigenvalue weighted by molar-refractivity contribution is -0.383. The minimum Gasteiger partial charge on any atom is -0.496 e. The summed E-state index contributed by atoms with van der Waals surface area (Å²) in [5.74, 6) is 0.473. The number of fused-ring (bicyclic) bond motifs is 1. The molecule has 6 heteroatoms. The minimum absolute atomic E-state index is 0. The largest absolute Gasteiger partial charge is 0.496 e. The van der Waals surface area contributed by atoms with E-state index < -0.39 is 4.92 Å². The first-order valence-electron chi connectivity index (χ1n) is 4.72. The number of halogens is 1. The number of pyridine rings is 1. The number of methoxy groups -OCH3 is 1. The lowest BCUT2D eigenvalue weighted by atomic mass is 10.1. The molecule has 0 unspecified atom stereocenters. The van der Waals surface area contributed by atoms with E-state index in [0.29, 0.717) is 22.2 Å². The van der Waals surface area contributed by atoms with Gasteiger partial charge in [0.05, 0.1) is 17.5 Å². The normalized spacial score (nSPS) is 9.76. The average molecular weight is 255 g/mol. The fourth-order valence-electron chi connectivity index (χ4n) is 1.71. The Balaban J connectivity index is 0.00000144. The molecule has 0 aliphatic heterocycles. The van der Waals surface area contributed by atoms with Crippen LogP contribution in [0.25, 0.3) is 10.9 Å². The summed E-state index contributed by atoms with van der Waals surface area (Å²) in [5, 5.41) is 11.5. The number of hydrogen-bond acceptors (Lipinski definition) is 4. The summed E-state index contributed by atoms with van der Waals surface area (Å²) in [6.45, 7) is 1.70. The maximum atomic E-state index is 11.0. The van der Waals surface area contributed by atoms with Crippen molar-refractivity contribution in [3.63, 3.8) is 0 Å². The van der Waals surface area contributed by atoms with E-state index in [1.165, 1.54) is 7.11 Å². The second-order valence-electron chi connectivity index (χ2n) is 3.40. The molecule has 2 rings (SSSR count). The van der Waals surface area contributed by atoms with Gasteiger partial charge >= 0.3 is 0 Å². The van der Waals surface area contributed by atoms with E-state index in [9.17, 15) is 10.1 Å². The summed E-state index contributed by atoms with van der Waals surface area (Å²) < 4.78 is 5.13. The fourth-order valence-corrected chi connectivity index (χ4v) is 1.71. The lowest BCUT2D eigenvalue weighted by Crippen LogP contribution is -1.96. The molecule has 0 aliphatic carbocycles. The van der Waals surface area contributed by atoms with Gasteiger partial charge in [-0.3, -0.25) is 15.1 Å². The molecule has 1 heterocycles. The number of rotatable bonds is 2. The summed E-state index contributed by atoms with van der Waals surface area (Å²) in [6, 6.07) is 5.06. The van der Waals surface area contributed by atoms with Gasteiger partial charge in [0.15, 0.2) is 0 Å². The molecule has 0 N–H and O–H groups in total. The number of aromatic nitrogens is 1. The predicted octanol–water partition coefficient (Wildman–Crippen LogP) is 2.88. The molecular formula is C11H11ClN2O3. The smallest absolute Gasteiger partial charge is 0.285 e. The van der Waals surface area contributed by atoms with Crippen LogP contribution in [0.5, 0.6) is 5.75 Å². The molecule has 90 valence electrons. The molecule has 0 saturated carbocycles. The predicted molar refractivity (Wildman–Crippen MR) is 66.9 cm³/mol. The molecule has 0 bridgehead atoms. The zero-order chi connectivity index (χ0) is 11.7. The number of nitro benzene ring substituents is 1. The van der Waals surface area contributed by atoms with Crippen LogP contribution in [-0.2, 0) is 0 Å². The zero-order valence-corrected chi connectivity index (χ0v) is 10.2. The molecule has 0 saturated heterocycles. The number of ether oxygens (including phenoxy) is 1. The average Bonchev–Trinajstić information content (AvgIpc) is 2.27. The molecule has 5 nitrogen and oxygen atoms in total. The van der Waals surface area contributed by atoms with Crippen LogP contribution < -0.4 is 4.74 Å². The van der Waals surface area contributed by atoms with Crippen molar-refractivity contribution in [3.8, 4) is 5.75 Å². The molecule has 2 aromatic rings. The zero-order valence-electron chi connectivity index (χ0n) is 9.34. The van der Waals surface area contributed by atoms with Crippen LogP contribution in [0.4, 0.5) is 5.69 Å². The molecule has 17 heavy (non-hydrogen) atoms. The van der Waals surface area contributed by atoms with Crippen LogP contribution in [0.1, 0.15) is 5.56 Å². The maximum Gasteiger partial charge on any atom is 0.285 e. The van der Waals surface area contributed by atoms with Crippen LogP contribution in [0.2, 0.25) is 0 Å². The Morgan fingerprint density at radius 2 is 2.06 bits per heavy atom. The van der Waals surface area contributed by atoms with Crippen LogP contribution in [0.15, 0.2) is 24.4 Å². The molecule has 0 atom stereocenters. The molecule has 0 spiro atoms. The van der Waals surface area contributed by atoms with E-state index in [4.69, 9.17) is 4.74 Å². The van der Waals surface area contributed by atoms with Gasteiger partial charge in [0.2, 0.25) is 0 Å². The Morgan fingerprint density at radius 1 is 1.35 bits per heavy atom. The van der Waals surface area contributed by atoms with Gasteiger partial charge in [-0.2, -0.15) is 0 Å². The van der Waals surface area contributed by atoms with Crippen molar-refractivity contribution in [2.24, 2.45) is 0 Å². The van der Waals surface area contributed by atoms with Crippen molar-refractivity contribution in [3.05, 3.63) is 40.1 Å². The summed E-state index contributed by atoms with van der Waals surface area (Å²) in [5.41, 5.74) is 1.22. The van der Waals surface area contributed by atoms with Gasteiger partial charge in [0.1, 0.15) is 11.1 Å². The number of hydrogen-bond donors (Lipinski definition) is 0. The second-order valence-corrected chi connectivity index (χ2v) is 3.40. The number of nitro groups is 1. The Kier molecular flexibility index (Phi) is 3.85. The first kappa shape index (κ1) is 13.2. The summed E-state index contributed by atoms with van der Waals surface area (Å²) in [6.07, 6.45) is 1.57. The van der Waals surface area contributed by atoms with E-state index in [1.54, 1.807) is 31.3 Å². The first-order valence-corrected chi connectivity index (χ1v) is 4.72. The van der Waals surface area contributed by atoms with Crippen molar-refractivity contribution in [1.29, 1.82) is 0 Å². The van der Waals surface area contributed by atoms with Crippen LogP contribution in [-0.4, -0.2) is 17.0 Å². The molecule has 1 aromatic carbocycles. The highest BCUT2D eigenvalue weighted by Crippen LogP contribution is 2.34. The molecule has 0 aliphatic rings. The number of nitrogens with zero attached hydrogens (tertiary/aromatic N) is 2. The molecule has 0 fully saturated rings. The van der Waals surface area contributed by atoms with Crippen molar-refractivity contribution < 1.29 is 9.66 Å². The van der Waals surface area contributed by atoms with Crippen molar-refractivity contribution in [2.45, 2.75) is 6.92 Å². The Hall–Kier alpha value is -1.88. The summed E-state index contributed by atoms with van der Waals surface area (Å²) in [4.78, 5) is 14.7. The van der Waals surface area contributed by atoms with Crippen molar-refractivity contribution >= 4 is 29.0 Å². The van der Waals surface area contributed by atoms with Gasteiger partial charge in [-0.1, -0.05) is 6.07 Å². The van der Waals surface area contributed by atoms with Crippen LogP contribution in [0, 0.1) is 17.0 Å². The van der Waals surface area contributed by atoms with Gasteiger partial charge in [-0.05, 0) is 19.1 Å². The third-order valence-corrected chi connectivity index (χ3v) is 2.45. The lowest BCUT2D eigenvalue weighted by Gasteiger charge is -2.06. The summed E-state index contributed by atoms with van der Waals surface area (Å²) >= 11 is 0. The van der Waals surface area contributed by atoms with Gasteiger partial charge in [0.25, 0.3) is 5.69 Å². The quantitative estimate of drug-likeness (QED) is 0.611. The van der Waals surface area contributed by atoms with E-state index in [-0.39, 0.29) is 18.1 Å². The maximum absolute atomic E-state index is 11.0. The monoisotopic (exact) mass is 254 g/mol. The second kappa shape index (κ2) is 4.97. The number of aryl methyl sites for hydroxylation is 1. The highest BCUT2D eigenvalue weighted by molar-refractivity contribution is 5.94. The van der Waals surface area contributed by atoms with E-state index in [1.807, 2.05) is 0 Å². The highest BCUT2D eigenvalue weighted by atomic mass is 35.5. The van der Waals surface area contributed by atoms with E-state index in [0.717, 1.165) is 0 Å². The van der Waals surface area contributed by atoms with E-state index in [2.05, 4.69) is 4.98 Å². The molecule has 1 aromatic heterocycles. The third-order valence-electron chi connectivity index (χ3n) is 2.45. The van der Waals surface area contributed by atoms with E-state index >= 15 is 0 Å². The van der Waals surface area contributed by atoms with Gasteiger partial charge in [0, 0.05) is 11.8 Å². The Bertz CT molecular complexity index is 572. The Morgan fingerprint density at radius 3 is 2.65 bits per heavy atom. The van der Waals surface area contributed by atoms with Crippen molar-refractivity contribution in [2.75, 3.05) is 7.11 Å². The molecule has 0 amide bonds. The minimum atomic E-state index is -0.401. The van der Waals surface area contributed by atoms with Crippen molar-refractivity contribution in [1.82, 2.24) is 4.98 Å². The standard InChI is InChI=1S/C11H10N2O3.ClH/c1-7-3-4-8-10(11(7)13(14)15)9(16-2)5-6-12-8;/h3-6H,1-2H3;1H. The molecule has 0 radical (unpaired) electrons. The van der Waals surface area contributed by atoms with Gasteiger partial charge in [-0.25, -0.2) is 0 Å². The van der Waals surface area contributed by atoms with Crippen LogP contribution >= 0.6 is 12.4 Å². The highest BCUT2D eigenvalue weighted by Gasteiger charge is 2.19. The topological polar surface area (TPSA) is 65.3 Å². The SMILES string of the molecule is COc1ccnc2ccc(C)c([N+](=O)[O-])c12.Cl.